The monoisotopic (exact) mass is 200 g/mol. The number of terminal acetylenes is 1. The average Bonchev–Trinajstić information content (AvgIpc) is 2.20. The van der Waals surface area contributed by atoms with Gasteiger partial charge in [0.2, 0.25) is 0 Å². The molecule has 0 amide bonds. The van der Waals surface area contributed by atoms with Crippen LogP contribution in [0.25, 0.3) is 0 Å². The first kappa shape index (κ1) is 8.14. The summed E-state index contributed by atoms with van der Waals surface area (Å²) in [7, 11) is 0. The molecule has 0 spiro atoms. The van der Waals surface area contributed by atoms with E-state index in [0.717, 1.165) is 18.3 Å². The Hall–Kier alpha value is 0.0400. The average molecular weight is 201 g/mol. The van der Waals surface area contributed by atoms with Crippen molar-refractivity contribution < 1.29 is 0 Å². The van der Waals surface area contributed by atoms with Gasteiger partial charge in [-0.2, -0.15) is 0 Å². The van der Waals surface area contributed by atoms with E-state index in [1.165, 1.54) is 12.8 Å². The van der Waals surface area contributed by atoms with Crippen LogP contribution >= 0.6 is 15.9 Å². The molecule has 0 bridgehead atoms. The van der Waals surface area contributed by atoms with Gasteiger partial charge in [-0.05, 0) is 24.7 Å². The summed E-state index contributed by atoms with van der Waals surface area (Å²) < 4.78 is 0. The van der Waals surface area contributed by atoms with Crippen molar-refractivity contribution in [3.05, 3.63) is 0 Å². The van der Waals surface area contributed by atoms with Gasteiger partial charge in [-0.3, -0.25) is 0 Å². The number of alkyl halides is 1. The predicted molar refractivity (Wildman–Crippen MR) is 48.1 cm³/mol. The molecule has 1 saturated carbocycles. The third-order valence-corrected chi connectivity index (χ3v) is 3.80. The number of hydrogen-bond donors (Lipinski definition) is 0. The van der Waals surface area contributed by atoms with E-state index in [4.69, 9.17) is 6.42 Å². The predicted octanol–water partition coefficient (Wildman–Crippen LogP) is 2.82. The Morgan fingerprint density at radius 1 is 1.60 bits per heavy atom. The van der Waals surface area contributed by atoms with E-state index in [0.29, 0.717) is 4.83 Å². The van der Waals surface area contributed by atoms with Crippen molar-refractivity contribution in [2.45, 2.75) is 31.0 Å². The Bertz CT molecular complexity index is 145. The molecule has 1 heteroatoms. The molecule has 10 heavy (non-hydrogen) atoms. The lowest BCUT2D eigenvalue weighted by atomic mass is 9.95. The Morgan fingerprint density at radius 2 is 2.30 bits per heavy atom. The summed E-state index contributed by atoms with van der Waals surface area (Å²) in [5, 5.41) is 0. The zero-order chi connectivity index (χ0) is 7.56. The molecular weight excluding hydrogens is 188 g/mol. The minimum atomic E-state index is 0.714. The van der Waals surface area contributed by atoms with Gasteiger partial charge in [0, 0.05) is 11.2 Å². The molecule has 1 fully saturated rings. The first-order valence-electron chi connectivity index (χ1n) is 3.83. The van der Waals surface area contributed by atoms with E-state index in [-0.39, 0.29) is 0 Å². The van der Waals surface area contributed by atoms with Crippen LogP contribution < -0.4 is 0 Å². The van der Waals surface area contributed by atoms with Gasteiger partial charge in [-0.15, -0.1) is 12.3 Å². The molecule has 1 rings (SSSR count). The minimum absolute atomic E-state index is 0.714. The van der Waals surface area contributed by atoms with E-state index < -0.39 is 0 Å². The van der Waals surface area contributed by atoms with E-state index in [9.17, 15) is 0 Å². The van der Waals surface area contributed by atoms with Gasteiger partial charge in [-0.25, -0.2) is 0 Å². The quantitative estimate of drug-likeness (QED) is 0.452. The van der Waals surface area contributed by atoms with Gasteiger partial charge >= 0.3 is 0 Å². The summed E-state index contributed by atoms with van der Waals surface area (Å²) in [5.41, 5.74) is 0. The van der Waals surface area contributed by atoms with E-state index in [1.807, 2.05) is 0 Å². The Morgan fingerprint density at radius 3 is 2.70 bits per heavy atom. The highest BCUT2D eigenvalue weighted by atomic mass is 79.9. The fraction of sp³-hybridized carbons (Fsp3) is 0.778. The van der Waals surface area contributed by atoms with Crippen LogP contribution in [-0.2, 0) is 0 Å². The van der Waals surface area contributed by atoms with E-state index >= 15 is 0 Å². The molecule has 1 aliphatic carbocycles. The van der Waals surface area contributed by atoms with Crippen LogP contribution in [-0.4, -0.2) is 4.83 Å². The molecule has 0 aromatic rings. The molecule has 0 saturated heterocycles. The van der Waals surface area contributed by atoms with Gasteiger partial charge < -0.3 is 0 Å². The SMILES string of the molecule is C#CCC1CCC(Br)C1C. The highest BCUT2D eigenvalue weighted by molar-refractivity contribution is 9.09. The summed E-state index contributed by atoms with van der Waals surface area (Å²) in [6.45, 7) is 2.29. The Balaban J connectivity index is 2.43. The molecule has 0 radical (unpaired) electrons. The topological polar surface area (TPSA) is 0 Å². The third-order valence-electron chi connectivity index (χ3n) is 2.51. The fourth-order valence-electron chi connectivity index (χ4n) is 1.63. The normalized spacial score (nSPS) is 39.5. The molecule has 0 N–H and O–H groups in total. The minimum Gasteiger partial charge on any atom is -0.120 e. The zero-order valence-corrected chi connectivity index (χ0v) is 7.89. The van der Waals surface area contributed by atoms with Gasteiger partial charge in [0.1, 0.15) is 0 Å². The molecular formula is C9H13Br. The van der Waals surface area contributed by atoms with Crippen LogP contribution in [0.5, 0.6) is 0 Å². The molecule has 1 aliphatic rings. The summed E-state index contributed by atoms with van der Waals surface area (Å²) in [5.74, 6) is 4.29. The maximum atomic E-state index is 5.25. The Labute approximate surface area is 71.5 Å². The molecule has 3 unspecified atom stereocenters. The second kappa shape index (κ2) is 3.44. The second-order valence-corrected chi connectivity index (χ2v) is 4.30. The van der Waals surface area contributed by atoms with Crippen LogP contribution in [0.1, 0.15) is 26.2 Å². The Kier molecular flexibility index (Phi) is 2.80. The van der Waals surface area contributed by atoms with Crippen molar-refractivity contribution >= 4 is 15.9 Å². The standard InChI is InChI=1S/C9H13Br/c1-3-4-8-5-6-9(10)7(8)2/h1,7-9H,4-6H2,2H3. The van der Waals surface area contributed by atoms with Gasteiger partial charge in [0.05, 0.1) is 0 Å². The van der Waals surface area contributed by atoms with E-state index in [2.05, 4.69) is 28.8 Å². The van der Waals surface area contributed by atoms with Crippen molar-refractivity contribution in [1.29, 1.82) is 0 Å². The number of halogens is 1. The molecule has 3 atom stereocenters. The summed E-state index contributed by atoms with van der Waals surface area (Å²) in [4.78, 5) is 0.714. The second-order valence-electron chi connectivity index (χ2n) is 3.12. The van der Waals surface area contributed by atoms with Crippen molar-refractivity contribution in [3.8, 4) is 12.3 Å². The van der Waals surface area contributed by atoms with Crippen LogP contribution in [0, 0.1) is 24.2 Å². The zero-order valence-electron chi connectivity index (χ0n) is 6.31. The highest BCUT2D eigenvalue weighted by Crippen LogP contribution is 2.37. The molecule has 0 nitrogen and oxygen atoms in total. The maximum Gasteiger partial charge on any atom is 0.0174 e. The molecule has 0 heterocycles. The van der Waals surface area contributed by atoms with Crippen molar-refractivity contribution in [1.82, 2.24) is 0 Å². The number of rotatable bonds is 1. The summed E-state index contributed by atoms with van der Waals surface area (Å²) in [6, 6.07) is 0. The molecule has 0 aromatic carbocycles. The molecule has 0 aromatic heterocycles. The molecule has 56 valence electrons. The lowest BCUT2D eigenvalue weighted by Gasteiger charge is -2.13. The first-order chi connectivity index (χ1) is 4.75. The first-order valence-corrected chi connectivity index (χ1v) is 4.74. The van der Waals surface area contributed by atoms with Crippen LogP contribution in [0.15, 0.2) is 0 Å². The van der Waals surface area contributed by atoms with Crippen molar-refractivity contribution in [2.24, 2.45) is 11.8 Å². The van der Waals surface area contributed by atoms with Gasteiger partial charge in [0.15, 0.2) is 0 Å². The van der Waals surface area contributed by atoms with Crippen LogP contribution in [0.3, 0.4) is 0 Å². The van der Waals surface area contributed by atoms with Crippen LogP contribution in [0.2, 0.25) is 0 Å². The smallest absolute Gasteiger partial charge is 0.0174 e. The third kappa shape index (κ3) is 1.55. The molecule has 0 aliphatic heterocycles. The van der Waals surface area contributed by atoms with Gasteiger partial charge in [0.25, 0.3) is 0 Å². The number of hydrogen-bond acceptors (Lipinski definition) is 0. The lowest BCUT2D eigenvalue weighted by molar-refractivity contribution is 0.436. The maximum absolute atomic E-state index is 5.25. The lowest BCUT2D eigenvalue weighted by Crippen LogP contribution is -2.09. The van der Waals surface area contributed by atoms with Gasteiger partial charge in [-0.1, -0.05) is 22.9 Å². The van der Waals surface area contributed by atoms with Crippen molar-refractivity contribution in [2.75, 3.05) is 0 Å². The fourth-order valence-corrected chi connectivity index (χ4v) is 2.33. The van der Waals surface area contributed by atoms with E-state index in [1.54, 1.807) is 0 Å². The van der Waals surface area contributed by atoms with Crippen molar-refractivity contribution in [3.63, 3.8) is 0 Å². The summed E-state index contributed by atoms with van der Waals surface area (Å²) in [6.07, 6.45) is 8.82. The summed E-state index contributed by atoms with van der Waals surface area (Å²) >= 11 is 3.65. The largest absolute Gasteiger partial charge is 0.120 e. The van der Waals surface area contributed by atoms with Crippen LogP contribution in [0.4, 0.5) is 0 Å². The highest BCUT2D eigenvalue weighted by Gasteiger charge is 2.29.